The van der Waals surface area contributed by atoms with Gasteiger partial charge in [0.25, 0.3) is 0 Å². The molecule has 0 spiro atoms. The molecule has 10 aromatic carbocycles. The molecule has 0 unspecified atom stereocenters. The Hall–Kier alpha value is -8.50. The maximum absolute atomic E-state index is 5.28. The number of pyridine rings is 2. The van der Waals surface area contributed by atoms with Gasteiger partial charge in [-0.1, -0.05) is 218 Å². The molecular weight excluding hydrogens is 829 g/mol. The molecule has 0 bridgehead atoms. The highest BCUT2D eigenvalue weighted by atomic mass is 32.1. The zero-order valence-corrected chi connectivity index (χ0v) is 37.2. The predicted molar refractivity (Wildman–Crippen MR) is 285 cm³/mol. The molecule has 0 saturated heterocycles. The molecule has 3 heterocycles. The Kier molecular flexibility index (Phi) is 9.40. The number of hydrogen-bond acceptors (Lipinski definition) is 3. The molecule has 0 fully saturated rings. The van der Waals surface area contributed by atoms with Crippen LogP contribution in [-0.4, -0.2) is 9.97 Å². The lowest BCUT2D eigenvalue weighted by molar-refractivity contribution is 1.37. The van der Waals surface area contributed by atoms with Crippen LogP contribution in [0.5, 0.6) is 0 Å². The molecule has 3 heteroatoms. The van der Waals surface area contributed by atoms with Crippen LogP contribution in [0.2, 0.25) is 0 Å². The first kappa shape index (κ1) is 38.9. The van der Waals surface area contributed by atoms with Crippen molar-refractivity contribution in [3.8, 4) is 76.6 Å². The van der Waals surface area contributed by atoms with Gasteiger partial charge in [-0.25, -0.2) is 4.98 Å². The van der Waals surface area contributed by atoms with Crippen LogP contribution in [-0.2, 0) is 0 Å². The fourth-order valence-electron chi connectivity index (χ4n) is 10.3. The molecule has 0 aliphatic heterocycles. The van der Waals surface area contributed by atoms with Crippen molar-refractivity contribution in [2.45, 2.75) is 0 Å². The molecule has 0 radical (unpaired) electrons. The first-order valence-electron chi connectivity index (χ1n) is 22.8. The summed E-state index contributed by atoms with van der Waals surface area (Å²) in [5.41, 5.74) is 16.1. The second-order valence-electron chi connectivity index (χ2n) is 17.1. The fourth-order valence-corrected chi connectivity index (χ4v) is 11.8. The van der Waals surface area contributed by atoms with E-state index >= 15 is 0 Å². The number of benzene rings is 10. The summed E-state index contributed by atoms with van der Waals surface area (Å²) in [5.74, 6) is 0. The lowest BCUT2D eigenvalue weighted by Crippen LogP contribution is -1.91. The van der Waals surface area contributed by atoms with Gasteiger partial charge in [-0.15, -0.1) is 11.3 Å². The molecule has 3 aromatic heterocycles. The van der Waals surface area contributed by atoms with Gasteiger partial charge in [0.05, 0.1) is 16.7 Å². The SMILES string of the molecule is c1ccc(-c2c(-c3cccc(-c4ccc(-c5ccc6ccc7cccnc7c6n5)c5ccccc45)c3)sc(-c3c4ccccc4c(-c4ccccc4)c4ccccc34)c2-c2ccccc2)cc1. The Morgan fingerprint density at radius 2 is 0.746 bits per heavy atom. The Balaban J connectivity index is 1.04. The second-order valence-corrected chi connectivity index (χ2v) is 18.2. The Morgan fingerprint density at radius 3 is 1.37 bits per heavy atom. The van der Waals surface area contributed by atoms with Gasteiger partial charge >= 0.3 is 0 Å². The molecule has 0 aliphatic rings. The molecule has 0 atom stereocenters. The van der Waals surface area contributed by atoms with Crippen LogP contribution in [0.15, 0.2) is 243 Å². The highest BCUT2D eigenvalue weighted by Crippen LogP contribution is 2.56. The van der Waals surface area contributed by atoms with E-state index in [1.165, 1.54) is 92.3 Å². The average molecular weight is 869 g/mol. The first-order chi connectivity index (χ1) is 33.3. The standard InChI is InChI=1S/C64H40N2S/c1-4-18-41(19-5-1)57-52-29-12-14-31-54(52)60(55-32-15-13-30-53(55)57)64-59(43-22-8-3-9-23-43)58(42-20-6-2-7-21-42)63(67-64)47-25-16-24-46(40-47)48-36-37-51(50-28-11-10-27-49(48)50)56-38-35-45-34-33-44-26-17-39-65-61(44)62(45)66-56/h1-40H. The van der Waals surface area contributed by atoms with Crippen LogP contribution < -0.4 is 0 Å². The average Bonchev–Trinajstić information content (AvgIpc) is 3.80. The third-order valence-electron chi connectivity index (χ3n) is 13.3. The molecule has 0 amide bonds. The first-order valence-corrected chi connectivity index (χ1v) is 23.6. The van der Waals surface area contributed by atoms with Crippen molar-refractivity contribution < 1.29 is 0 Å². The topological polar surface area (TPSA) is 25.8 Å². The van der Waals surface area contributed by atoms with Crippen LogP contribution in [0.1, 0.15) is 0 Å². The van der Waals surface area contributed by atoms with Gasteiger partial charge < -0.3 is 0 Å². The minimum atomic E-state index is 0.920. The van der Waals surface area contributed by atoms with Gasteiger partial charge in [-0.3, -0.25) is 4.98 Å². The normalized spacial score (nSPS) is 11.6. The summed E-state index contributed by atoms with van der Waals surface area (Å²) in [6.45, 7) is 0. The molecule has 13 rings (SSSR count). The van der Waals surface area contributed by atoms with E-state index < -0.39 is 0 Å². The molecule has 2 nitrogen and oxygen atoms in total. The van der Waals surface area contributed by atoms with E-state index in [-0.39, 0.29) is 0 Å². The summed E-state index contributed by atoms with van der Waals surface area (Å²) in [6, 6.07) is 86.0. The highest BCUT2D eigenvalue weighted by molar-refractivity contribution is 7.20. The van der Waals surface area contributed by atoms with Crippen LogP contribution in [0, 0.1) is 0 Å². The largest absolute Gasteiger partial charge is 0.254 e. The molecule has 0 saturated carbocycles. The third kappa shape index (κ3) is 6.55. The molecule has 67 heavy (non-hydrogen) atoms. The van der Waals surface area contributed by atoms with E-state index in [1.807, 2.05) is 23.6 Å². The van der Waals surface area contributed by atoms with Gasteiger partial charge in [0, 0.05) is 49.0 Å². The van der Waals surface area contributed by atoms with Gasteiger partial charge in [0.1, 0.15) is 0 Å². The van der Waals surface area contributed by atoms with Crippen LogP contribution in [0.25, 0.3) is 131 Å². The number of thiophene rings is 1. The molecule has 0 N–H and O–H groups in total. The quantitative estimate of drug-likeness (QED) is 0.118. The number of fused-ring (bicyclic) bond motifs is 6. The van der Waals surface area contributed by atoms with Crippen molar-refractivity contribution >= 4 is 65.5 Å². The van der Waals surface area contributed by atoms with E-state index in [2.05, 4.69) is 231 Å². The number of nitrogens with zero attached hydrogens (tertiary/aromatic N) is 2. The summed E-state index contributed by atoms with van der Waals surface area (Å²) in [6.07, 6.45) is 1.85. The maximum atomic E-state index is 5.28. The maximum Gasteiger partial charge on any atom is 0.0972 e. The summed E-state index contributed by atoms with van der Waals surface area (Å²) < 4.78 is 0. The zero-order chi connectivity index (χ0) is 44.3. The van der Waals surface area contributed by atoms with Gasteiger partial charge in [0.2, 0.25) is 0 Å². The van der Waals surface area contributed by atoms with Gasteiger partial charge in [-0.05, 0) is 89.5 Å². The Bertz CT molecular complexity index is 3970. The highest BCUT2D eigenvalue weighted by Gasteiger charge is 2.27. The molecule has 0 aliphatic carbocycles. The lowest BCUT2D eigenvalue weighted by atomic mass is 9.85. The minimum absolute atomic E-state index is 0.920. The van der Waals surface area contributed by atoms with Crippen molar-refractivity contribution in [1.82, 2.24) is 9.97 Å². The van der Waals surface area contributed by atoms with Crippen LogP contribution in [0.4, 0.5) is 0 Å². The van der Waals surface area contributed by atoms with E-state index in [0.29, 0.717) is 0 Å². The lowest BCUT2D eigenvalue weighted by Gasteiger charge is -2.18. The van der Waals surface area contributed by atoms with Crippen molar-refractivity contribution in [3.05, 3.63) is 243 Å². The van der Waals surface area contributed by atoms with E-state index in [0.717, 1.165) is 38.4 Å². The summed E-state index contributed by atoms with van der Waals surface area (Å²) in [5, 5.41) is 9.51. The summed E-state index contributed by atoms with van der Waals surface area (Å²) in [7, 11) is 0. The molecular formula is C64H40N2S. The zero-order valence-electron chi connectivity index (χ0n) is 36.4. The third-order valence-corrected chi connectivity index (χ3v) is 14.6. The summed E-state index contributed by atoms with van der Waals surface area (Å²) >= 11 is 1.91. The Labute approximate surface area is 392 Å². The Morgan fingerprint density at radius 1 is 0.284 bits per heavy atom. The van der Waals surface area contributed by atoms with Crippen molar-refractivity contribution in [2.24, 2.45) is 0 Å². The van der Waals surface area contributed by atoms with Crippen LogP contribution >= 0.6 is 11.3 Å². The van der Waals surface area contributed by atoms with E-state index in [4.69, 9.17) is 9.97 Å². The number of hydrogen-bond donors (Lipinski definition) is 0. The fraction of sp³-hybridized carbons (Fsp3) is 0. The minimum Gasteiger partial charge on any atom is -0.254 e. The smallest absolute Gasteiger partial charge is 0.0972 e. The van der Waals surface area contributed by atoms with Crippen molar-refractivity contribution in [2.75, 3.05) is 0 Å². The van der Waals surface area contributed by atoms with Crippen molar-refractivity contribution in [3.63, 3.8) is 0 Å². The van der Waals surface area contributed by atoms with E-state index in [9.17, 15) is 0 Å². The van der Waals surface area contributed by atoms with Gasteiger partial charge in [0.15, 0.2) is 0 Å². The van der Waals surface area contributed by atoms with E-state index in [1.54, 1.807) is 0 Å². The monoisotopic (exact) mass is 868 g/mol. The van der Waals surface area contributed by atoms with Gasteiger partial charge in [-0.2, -0.15) is 0 Å². The predicted octanol–water partition coefficient (Wildman–Crippen LogP) is 18.0. The number of aromatic nitrogens is 2. The second kappa shape index (κ2) is 16.2. The van der Waals surface area contributed by atoms with Crippen LogP contribution in [0.3, 0.4) is 0 Å². The summed E-state index contributed by atoms with van der Waals surface area (Å²) in [4.78, 5) is 12.5. The molecule has 13 aromatic rings. The number of rotatable bonds is 7. The van der Waals surface area contributed by atoms with Crippen molar-refractivity contribution in [1.29, 1.82) is 0 Å². The molecule has 312 valence electrons.